The number of nitrogens with zero attached hydrogens (tertiary/aromatic N) is 3. The van der Waals surface area contributed by atoms with Gasteiger partial charge in [-0.3, -0.25) is 9.69 Å². The summed E-state index contributed by atoms with van der Waals surface area (Å²) in [5.74, 6) is 1.55. The van der Waals surface area contributed by atoms with Gasteiger partial charge in [0.25, 0.3) is 5.91 Å². The van der Waals surface area contributed by atoms with Gasteiger partial charge in [0.05, 0.1) is 11.0 Å². The van der Waals surface area contributed by atoms with Gasteiger partial charge in [0, 0.05) is 43.3 Å². The maximum absolute atomic E-state index is 12.5. The minimum atomic E-state index is 0.0110. The van der Waals surface area contributed by atoms with Crippen molar-refractivity contribution in [3.63, 3.8) is 0 Å². The van der Waals surface area contributed by atoms with Gasteiger partial charge in [-0.05, 0) is 42.0 Å². The van der Waals surface area contributed by atoms with Crippen LogP contribution in [0.4, 0.5) is 0 Å². The van der Waals surface area contributed by atoms with Crippen LogP contribution in [-0.2, 0) is 11.3 Å². The third-order valence-corrected chi connectivity index (χ3v) is 6.15. The van der Waals surface area contributed by atoms with E-state index in [1.807, 2.05) is 23.1 Å². The number of fused-ring (bicyclic) bond motifs is 1. The molecule has 1 fully saturated rings. The quantitative estimate of drug-likeness (QED) is 0.456. The zero-order valence-electron chi connectivity index (χ0n) is 18.2. The van der Waals surface area contributed by atoms with E-state index in [-0.39, 0.29) is 12.5 Å². The molecule has 1 aromatic heterocycles. The number of aromatic nitrogens is 2. The van der Waals surface area contributed by atoms with Crippen LogP contribution >= 0.6 is 11.6 Å². The monoisotopic (exact) mass is 460 g/mol. The maximum Gasteiger partial charge on any atom is 0.260 e. The van der Waals surface area contributed by atoms with E-state index in [0.29, 0.717) is 23.9 Å². The number of benzene rings is 3. The van der Waals surface area contributed by atoms with E-state index in [9.17, 15) is 4.79 Å². The molecule has 33 heavy (non-hydrogen) atoms. The summed E-state index contributed by atoms with van der Waals surface area (Å²) in [6.07, 6.45) is 0. The number of ether oxygens (including phenoxy) is 1. The summed E-state index contributed by atoms with van der Waals surface area (Å²) in [7, 11) is 0. The highest BCUT2D eigenvalue weighted by Gasteiger charge is 2.21. The Morgan fingerprint density at radius 3 is 2.48 bits per heavy atom. The van der Waals surface area contributed by atoms with Crippen molar-refractivity contribution in [1.29, 1.82) is 0 Å². The van der Waals surface area contributed by atoms with Crippen LogP contribution in [0.3, 0.4) is 0 Å². The van der Waals surface area contributed by atoms with Crippen LogP contribution in [-0.4, -0.2) is 58.5 Å². The molecule has 0 unspecified atom stereocenters. The summed E-state index contributed by atoms with van der Waals surface area (Å²) in [5.41, 5.74) is 4.32. The fraction of sp³-hybridized carbons (Fsp3) is 0.231. The Morgan fingerprint density at radius 2 is 1.73 bits per heavy atom. The Kier molecular flexibility index (Phi) is 6.28. The summed E-state index contributed by atoms with van der Waals surface area (Å²) < 4.78 is 5.60. The lowest BCUT2D eigenvalue weighted by Crippen LogP contribution is -2.49. The zero-order valence-corrected chi connectivity index (χ0v) is 19.0. The molecule has 0 aliphatic carbocycles. The molecule has 5 rings (SSSR count). The number of hydrogen-bond acceptors (Lipinski definition) is 4. The molecule has 0 spiro atoms. The number of hydrogen-bond donors (Lipinski definition) is 1. The van der Waals surface area contributed by atoms with Crippen molar-refractivity contribution in [1.82, 2.24) is 19.8 Å². The second kappa shape index (κ2) is 9.65. The summed E-state index contributed by atoms with van der Waals surface area (Å²) in [6, 6.07) is 23.6. The van der Waals surface area contributed by atoms with Crippen molar-refractivity contribution in [2.75, 3.05) is 32.8 Å². The summed E-state index contributed by atoms with van der Waals surface area (Å²) >= 11 is 5.88. The molecule has 1 saturated heterocycles. The van der Waals surface area contributed by atoms with Crippen LogP contribution in [0.1, 0.15) is 5.56 Å². The van der Waals surface area contributed by atoms with Gasteiger partial charge >= 0.3 is 0 Å². The minimum absolute atomic E-state index is 0.0110. The van der Waals surface area contributed by atoms with Crippen molar-refractivity contribution in [3.8, 4) is 17.1 Å². The number of amides is 1. The van der Waals surface area contributed by atoms with Gasteiger partial charge < -0.3 is 14.6 Å². The highest BCUT2D eigenvalue weighted by atomic mass is 35.5. The van der Waals surface area contributed by atoms with Crippen LogP contribution in [0.25, 0.3) is 22.4 Å². The molecule has 6 nitrogen and oxygen atoms in total. The highest BCUT2D eigenvalue weighted by Crippen LogP contribution is 2.22. The summed E-state index contributed by atoms with van der Waals surface area (Å²) in [6.45, 7) is 3.97. The Labute approximate surface area is 197 Å². The Hall–Kier alpha value is -3.35. The van der Waals surface area contributed by atoms with E-state index in [2.05, 4.69) is 40.2 Å². The number of imidazole rings is 1. The lowest BCUT2D eigenvalue weighted by atomic mass is 10.1. The lowest BCUT2D eigenvalue weighted by Gasteiger charge is -2.34. The van der Waals surface area contributed by atoms with Crippen LogP contribution < -0.4 is 4.74 Å². The lowest BCUT2D eigenvalue weighted by molar-refractivity contribution is -0.135. The molecule has 2 heterocycles. The molecule has 0 saturated carbocycles. The second-order valence-electron chi connectivity index (χ2n) is 8.20. The van der Waals surface area contributed by atoms with E-state index < -0.39 is 0 Å². The van der Waals surface area contributed by atoms with Crippen molar-refractivity contribution in [3.05, 3.63) is 83.4 Å². The number of rotatable bonds is 6. The molecule has 4 aromatic rings. The predicted molar refractivity (Wildman–Crippen MR) is 130 cm³/mol. The zero-order chi connectivity index (χ0) is 22.6. The average Bonchev–Trinajstić information content (AvgIpc) is 3.28. The first kappa shape index (κ1) is 21.5. The molecular formula is C26H25ClN4O2. The van der Waals surface area contributed by atoms with Crippen molar-refractivity contribution in [2.45, 2.75) is 6.54 Å². The van der Waals surface area contributed by atoms with Gasteiger partial charge in [0.2, 0.25) is 0 Å². The van der Waals surface area contributed by atoms with Gasteiger partial charge in [-0.2, -0.15) is 0 Å². The Bertz CT molecular complexity index is 1230. The van der Waals surface area contributed by atoms with Crippen LogP contribution in [0.15, 0.2) is 72.8 Å². The van der Waals surface area contributed by atoms with Crippen LogP contribution in [0.5, 0.6) is 5.75 Å². The number of aromatic amines is 1. The number of H-pyrrole nitrogens is 1. The SMILES string of the molecule is O=C(COc1ccc(Cl)cc1)N1CCN(Cc2ccc3nc(-c4ccccc4)[nH]c3c2)CC1. The molecule has 3 aromatic carbocycles. The molecule has 0 bridgehead atoms. The van der Waals surface area contributed by atoms with Crippen LogP contribution in [0, 0.1) is 0 Å². The maximum atomic E-state index is 12.5. The number of carbonyl (C=O) groups is 1. The average molecular weight is 461 g/mol. The van der Waals surface area contributed by atoms with Gasteiger partial charge in [0.15, 0.2) is 6.61 Å². The van der Waals surface area contributed by atoms with Crippen molar-refractivity contribution >= 4 is 28.5 Å². The van der Waals surface area contributed by atoms with Gasteiger partial charge in [-0.1, -0.05) is 48.0 Å². The first-order valence-electron chi connectivity index (χ1n) is 11.1. The van der Waals surface area contributed by atoms with Gasteiger partial charge in [-0.25, -0.2) is 4.98 Å². The first-order valence-corrected chi connectivity index (χ1v) is 11.4. The van der Waals surface area contributed by atoms with Crippen molar-refractivity contribution < 1.29 is 9.53 Å². The molecule has 1 aliphatic rings. The van der Waals surface area contributed by atoms with Crippen LogP contribution in [0.2, 0.25) is 5.02 Å². The minimum Gasteiger partial charge on any atom is -0.484 e. The van der Waals surface area contributed by atoms with Crippen molar-refractivity contribution in [2.24, 2.45) is 0 Å². The summed E-state index contributed by atoms with van der Waals surface area (Å²) in [4.78, 5) is 24.9. The molecule has 7 heteroatoms. The second-order valence-corrected chi connectivity index (χ2v) is 8.64. The number of nitrogens with one attached hydrogen (secondary N) is 1. The fourth-order valence-electron chi connectivity index (χ4n) is 4.07. The Morgan fingerprint density at radius 1 is 0.970 bits per heavy atom. The smallest absolute Gasteiger partial charge is 0.260 e. The molecule has 1 amide bonds. The van der Waals surface area contributed by atoms with E-state index in [1.54, 1.807) is 24.3 Å². The molecule has 168 valence electrons. The number of halogens is 1. The molecule has 1 N–H and O–H groups in total. The standard InChI is InChI=1S/C26H25ClN4O2/c27-21-7-9-22(10-8-21)33-18-25(32)31-14-12-30(13-15-31)17-19-6-11-23-24(16-19)29-26(28-23)20-4-2-1-3-5-20/h1-11,16H,12-15,17-18H2,(H,28,29). The van der Waals surface area contributed by atoms with E-state index in [1.165, 1.54) is 5.56 Å². The van der Waals surface area contributed by atoms with Gasteiger partial charge in [0.1, 0.15) is 11.6 Å². The number of carbonyl (C=O) groups excluding carboxylic acids is 1. The molecular weight excluding hydrogens is 436 g/mol. The first-order chi connectivity index (χ1) is 16.1. The molecule has 0 radical (unpaired) electrons. The van der Waals surface area contributed by atoms with E-state index in [4.69, 9.17) is 21.3 Å². The number of piperazine rings is 1. The summed E-state index contributed by atoms with van der Waals surface area (Å²) in [5, 5.41) is 0.646. The Balaban J connectivity index is 1.14. The normalized spacial score (nSPS) is 14.5. The third kappa shape index (κ3) is 5.18. The largest absolute Gasteiger partial charge is 0.484 e. The van der Waals surface area contributed by atoms with E-state index >= 15 is 0 Å². The third-order valence-electron chi connectivity index (χ3n) is 5.90. The fourth-order valence-corrected chi connectivity index (χ4v) is 4.19. The van der Waals surface area contributed by atoms with Gasteiger partial charge in [-0.15, -0.1) is 0 Å². The molecule has 0 atom stereocenters. The van der Waals surface area contributed by atoms with E-state index in [0.717, 1.165) is 42.1 Å². The topological polar surface area (TPSA) is 61.5 Å². The highest BCUT2D eigenvalue weighted by molar-refractivity contribution is 6.30. The molecule has 1 aliphatic heterocycles. The predicted octanol–water partition coefficient (Wildman–Crippen LogP) is 4.61.